The molecule has 2 heterocycles. The molecule has 1 fully saturated rings. The van der Waals surface area contributed by atoms with E-state index in [2.05, 4.69) is 26.7 Å². The molecule has 0 bridgehead atoms. The zero-order valence-electron chi connectivity index (χ0n) is 7.73. The average molecular weight is 198 g/mol. The number of nitrogens with one attached hydrogen (secondary N) is 1. The number of likely N-dealkylation sites (tertiary alicyclic amines) is 1. The molecule has 1 aliphatic heterocycles. The summed E-state index contributed by atoms with van der Waals surface area (Å²) in [5, 5.41) is 6.73. The molecule has 0 saturated carbocycles. The second kappa shape index (κ2) is 3.59. The number of hydrogen-bond donors (Lipinski definition) is 1. The Morgan fingerprint density at radius 1 is 1.69 bits per heavy atom. The summed E-state index contributed by atoms with van der Waals surface area (Å²) >= 11 is 5.13. The SMILES string of the molecule is CN1CCCC(n2cn[nH]c2=S)C1. The van der Waals surface area contributed by atoms with Gasteiger partial charge < -0.3 is 9.47 Å². The van der Waals surface area contributed by atoms with Gasteiger partial charge in [0.05, 0.1) is 6.04 Å². The highest BCUT2D eigenvalue weighted by molar-refractivity contribution is 7.71. The van der Waals surface area contributed by atoms with Crippen LogP contribution in [-0.4, -0.2) is 39.8 Å². The number of piperidine rings is 1. The number of nitrogens with zero attached hydrogens (tertiary/aromatic N) is 3. The number of H-pyrrole nitrogens is 1. The second-order valence-corrected chi connectivity index (χ2v) is 4.01. The van der Waals surface area contributed by atoms with Crippen LogP contribution in [0.3, 0.4) is 0 Å². The molecule has 5 heteroatoms. The Bertz CT molecular complexity index is 329. The molecule has 1 saturated heterocycles. The van der Waals surface area contributed by atoms with Crippen molar-refractivity contribution in [3.63, 3.8) is 0 Å². The lowest BCUT2D eigenvalue weighted by Gasteiger charge is -2.29. The third kappa shape index (κ3) is 1.81. The fraction of sp³-hybridized carbons (Fsp3) is 0.750. The smallest absolute Gasteiger partial charge is 0.195 e. The molecule has 0 aliphatic carbocycles. The maximum absolute atomic E-state index is 5.13. The third-order valence-corrected chi connectivity index (χ3v) is 2.87. The van der Waals surface area contributed by atoms with E-state index in [1.165, 1.54) is 19.4 Å². The normalized spacial score (nSPS) is 24.8. The number of aromatic nitrogens is 3. The van der Waals surface area contributed by atoms with E-state index >= 15 is 0 Å². The summed E-state index contributed by atoms with van der Waals surface area (Å²) in [6, 6.07) is 0.505. The third-order valence-electron chi connectivity index (χ3n) is 2.57. The van der Waals surface area contributed by atoms with Gasteiger partial charge >= 0.3 is 0 Å². The van der Waals surface area contributed by atoms with E-state index in [1.54, 1.807) is 6.33 Å². The standard InChI is InChI=1S/C8H14N4S/c1-11-4-2-3-7(5-11)12-6-9-10-8(12)13/h6-7H,2-5H2,1H3,(H,10,13). The first-order valence-corrected chi connectivity index (χ1v) is 4.98. The summed E-state index contributed by atoms with van der Waals surface area (Å²) < 4.78 is 2.80. The average Bonchev–Trinajstić information content (AvgIpc) is 2.51. The van der Waals surface area contributed by atoms with Crippen LogP contribution < -0.4 is 0 Å². The number of hydrogen-bond acceptors (Lipinski definition) is 3. The summed E-state index contributed by atoms with van der Waals surface area (Å²) in [5.74, 6) is 0. The van der Waals surface area contributed by atoms with Gasteiger partial charge in [-0.05, 0) is 38.7 Å². The Morgan fingerprint density at radius 3 is 3.15 bits per heavy atom. The monoisotopic (exact) mass is 198 g/mol. The second-order valence-electron chi connectivity index (χ2n) is 3.63. The first kappa shape index (κ1) is 8.90. The van der Waals surface area contributed by atoms with Gasteiger partial charge in [-0.25, -0.2) is 0 Å². The van der Waals surface area contributed by atoms with Gasteiger partial charge in [0.15, 0.2) is 4.77 Å². The predicted octanol–water partition coefficient (Wildman–Crippen LogP) is 1.21. The molecule has 1 aromatic rings. The van der Waals surface area contributed by atoms with Crippen LogP contribution in [0.5, 0.6) is 0 Å². The molecule has 0 spiro atoms. The topological polar surface area (TPSA) is 36.9 Å². The summed E-state index contributed by atoms with van der Waals surface area (Å²) in [4.78, 5) is 2.34. The zero-order valence-corrected chi connectivity index (χ0v) is 8.55. The molecule has 1 aliphatic rings. The Hall–Kier alpha value is -0.680. The fourth-order valence-corrected chi connectivity index (χ4v) is 2.13. The van der Waals surface area contributed by atoms with Crippen molar-refractivity contribution < 1.29 is 0 Å². The molecule has 2 rings (SSSR count). The Labute approximate surface area is 82.6 Å². The lowest BCUT2D eigenvalue weighted by molar-refractivity contribution is 0.211. The van der Waals surface area contributed by atoms with Gasteiger partial charge in [-0.15, -0.1) is 0 Å². The quantitative estimate of drug-likeness (QED) is 0.689. The van der Waals surface area contributed by atoms with Crippen molar-refractivity contribution in [2.45, 2.75) is 18.9 Å². The zero-order chi connectivity index (χ0) is 9.26. The molecule has 0 radical (unpaired) electrons. The van der Waals surface area contributed by atoms with E-state index < -0.39 is 0 Å². The minimum atomic E-state index is 0.505. The van der Waals surface area contributed by atoms with Crippen LogP contribution in [0.4, 0.5) is 0 Å². The number of rotatable bonds is 1. The van der Waals surface area contributed by atoms with Gasteiger partial charge in [0.1, 0.15) is 6.33 Å². The molecule has 4 nitrogen and oxygen atoms in total. The minimum Gasteiger partial charge on any atom is -0.304 e. The van der Waals surface area contributed by atoms with Crippen molar-refractivity contribution in [2.24, 2.45) is 0 Å². The molecule has 1 unspecified atom stereocenters. The Morgan fingerprint density at radius 2 is 2.54 bits per heavy atom. The van der Waals surface area contributed by atoms with Crippen molar-refractivity contribution in [1.82, 2.24) is 19.7 Å². The lowest BCUT2D eigenvalue weighted by Crippen LogP contribution is -2.33. The fourth-order valence-electron chi connectivity index (χ4n) is 1.88. The number of likely N-dealkylation sites (N-methyl/N-ethyl adjacent to an activating group) is 1. The molecule has 13 heavy (non-hydrogen) atoms. The van der Waals surface area contributed by atoms with Gasteiger partial charge in [0.25, 0.3) is 0 Å². The molecule has 1 aromatic heterocycles. The van der Waals surface area contributed by atoms with Gasteiger partial charge in [-0.1, -0.05) is 0 Å². The molecular formula is C8H14N4S. The number of aromatic amines is 1. The maximum atomic E-state index is 5.13. The van der Waals surface area contributed by atoms with E-state index in [-0.39, 0.29) is 0 Å². The summed E-state index contributed by atoms with van der Waals surface area (Å²) in [7, 11) is 2.15. The molecular weight excluding hydrogens is 184 g/mol. The maximum Gasteiger partial charge on any atom is 0.195 e. The predicted molar refractivity (Wildman–Crippen MR) is 53.2 cm³/mol. The molecule has 0 aromatic carbocycles. The largest absolute Gasteiger partial charge is 0.304 e. The highest BCUT2D eigenvalue weighted by Crippen LogP contribution is 2.19. The van der Waals surface area contributed by atoms with E-state index in [0.717, 1.165) is 11.3 Å². The highest BCUT2D eigenvalue weighted by atomic mass is 32.1. The van der Waals surface area contributed by atoms with Crippen LogP contribution in [0, 0.1) is 4.77 Å². The van der Waals surface area contributed by atoms with Crippen molar-refractivity contribution in [3.05, 3.63) is 11.1 Å². The van der Waals surface area contributed by atoms with Gasteiger partial charge in [-0.2, -0.15) is 5.10 Å². The molecule has 1 atom stereocenters. The lowest BCUT2D eigenvalue weighted by atomic mass is 10.1. The van der Waals surface area contributed by atoms with Crippen LogP contribution in [0.2, 0.25) is 0 Å². The van der Waals surface area contributed by atoms with Crippen molar-refractivity contribution >= 4 is 12.2 Å². The molecule has 72 valence electrons. The first-order chi connectivity index (χ1) is 6.27. The van der Waals surface area contributed by atoms with Crippen molar-refractivity contribution in [2.75, 3.05) is 20.1 Å². The van der Waals surface area contributed by atoms with E-state index in [9.17, 15) is 0 Å². The van der Waals surface area contributed by atoms with Gasteiger partial charge in [0.2, 0.25) is 0 Å². The summed E-state index contributed by atoms with van der Waals surface area (Å²) in [5.41, 5.74) is 0. The van der Waals surface area contributed by atoms with Crippen LogP contribution >= 0.6 is 12.2 Å². The van der Waals surface area contributed by atoms with Gasteiger partial charge in [0, 0.05) is 6.54 Å². The Balaban J connectivity index is 2.17. The van der Waals surface area contributed by atoms with Crippen LogP contribution in [0.1, 0.15) is 18.9 Å². The van der Waals surface area contributed by atoms with Gasteiger partial charge in [-0.3, -0.25) is 5.10 Å². The summed E-state index contributed by atoms with van der Waals surface area (Å²) in [6.07, 6.45) is 4.25. The van der Waals surface area contributed by atoms with Crippen LogP contribution in [0.15, 0.2) is 6.33 Å². The highest BCUT2D eigenvalue weighted by Gasteiger charge is 2.18. The van der Waals surface area contributed by atoms with Crippen molar-refractivity contribution in [3.8, 4) is 0 Å². The molecule has 0 amide bonds. The van der Waals surface area contributed by atoms with Crippen molar-refractivity contribution in [1.29, 1.82) is 0 Å². The minimum absolute atomic E-state index is 0.505. The van der Waals surface area contributed by atoms with E-state index in [4.69, 9.17) is 12.2 Å². The van der Waals surface area contributed by atoms with E-state index in [0.29, 0.717) is 6.04 Å². The first-order valence-electron chi connectivity index (χ1n) is 4.57. The Kier molecular flexibility index (Phi) is 2.46. The van der Waals surface area contributed by atoms with E-state index in [1.807, 2.05) is 0 Å². The summed E-state index contributed by atoms with van der Waals surface area (Å²) in [6.45, 7) is 2.27. The van der Waals surface area contributed by atoms with Crippen LogP contribution in [0.25, 0.3) is 0 Å². The molecule has 1 N–H and O–H groups in total. The van der Waals surface area contributed by atoms with Crippen LogP contribution in [-0.2, 0) is 0 Å².